The Morgan fingerprint density at radius 3 is 2.57 bits per heavy atom. The molecular formula is C15H13Cl2N5O. The highest BCUT2D eigenvalue weighted by molar-refractivity contribution is 6.35. The second kappa shape index (κ2) is 6.44. The van der Waals surface area contributed by atoms with Crippen molar-refractivity contribution < 1.29 is 4.79 Å². The summed E-state index contributed by atoms with van der Waals surface area (Å²) in [5.74, 6) is -0.242. The lowest BCUT2D eigenvalue weighted by atomic mass is 10.2. The molecule has 0 aliphatic heterocycles. The van der Waals surface area contributed by atoms with Crippen LogP contribution in [0.3, 0.4) is 0 Å². The number of hydrogen-bond acceptors (Lipinski definition) is 3. The number of rotatable bonds is 4. The number of anilines is 1. The second-order valence-corrected chi connectivity index (χ2v) is 5.80. The Kier molecular flexibility index (Phi) is 4.36. The topological polar surface area (TPSA) is 64.7 Å². The highest BCUT2D eigenvalue weighted by Gasteiger charge is 2.11. The van der Waals surface area contributed by atoms with Gasteiger partial charge in [-0.1, -0.05) is 29.3 Å². The molecule has 1 N–H and O–H groups in total. The average molecular weight is 350 g/mol. The Morgan fingerprint density at radius 2 is 1.91 bits per heavy atom. The first-order valence-electron chi connectivity index (χ1n) is 6.78. The average Bonchev–Trinajstić information content (AvgIpc) is 3.12. The van der Waals surface area contributed by atoms with Gasteiger partial charge in [-0.15, -0.1) is 0 Å². The third-order valence-electron chi connectivity index (χ3n) is 3.24. The summed E-state index contributed by atoms with van der Waals surface area (Å²) in [4.78, 5) is 12.1. The van der Waals surface area contributed by atoms with E-state index in [-0.39, 0.29) is 5.91 Å². The minimum atomic E-state index is -0.242. The number of aromatic nitrogens is 4. The summed E-state index contributed by atoms with van der Waals surface area (Å²) in [5.41, 5.74) is 1.85. The lowest BCUT2D eigenvalue weighted by Gasteiger charge is -2.06. The van der Waals surface area contributed by atoms with Gasteiger partial charge >= 0.3 is 0 Å². The lowest BCUT2D eigenvalue weighted by molar-refractivity contribution is 0.102. The van der Waals surface area contributed by atoms with Crippen molar-refractivity contribution in [2.45, 2.75) is 6.54 Å². The number of aryl methyl sites for hydroxylation is 1. The number of nitrogens with one attached hydrogen (secondary N) is 1. The van der Waals surface area contributed by atoms with Crippen molar-refractivity contribution in [3.8, 4) is 0 Å². The fourth-order valence-corrected chi connectivity index (χ4v) is 2.62. The SMILES string of the molecule is Cn1cc(C(=O)Nc2cnn(Cc3c(Cl)cccc3Cl)c2)cn1. The van der Waals surface area contributed by atoms with Gasteiger partial charge in [0.2, 0.25) is 0 Å². The van der Waals surface area contributed by atoms with Gasteiger partial charge in [-0.05, 0) is 12.1 Å². The zero-order chi connectivity index (χ0) is 16.4. The van der Waals surface area contributed by atoms with Crippen LogP contribution in [0.5, 0.6) is 0 Å². The van der Waals surface area contributed by atoms with Crippen molar-refractivity contribution in [2.75, 3.05) is 5.32 Å². The van der Waals surface area contributed by atoms with Crippen LogP contribution in [0.1, 0.15) is 15.9 Å². The van der Waals surface area contributed by atoms with Crippen LogP contribution in [0.15, 0.2) is 43.0 Å². The molecule has 0 aliphatic carbocycles. The smallest absolute Gasteiger partial charge is 0.258 e. The predicted molar refractivity (Wildman–Crippen MR) is 89.0 cm³/mol. The zero-order valence-electron chi connectivity index (χ0n) is 12.2. The number of benzene rings is 1. The first-order chi connectivity index (χ1) is 11.0. The van der Waals surface area contributed by atoms with Crippen LogP contribution in [0.2, 0.25) is 10.0 Å². The molecule has 0 radical (unpaired) electrons. The van der Waals surface area contributed by atoms with E-state index in [1.54, 1.807) is 53.2 Å². The molecule has 118 valence electrons. The van der Waals surface area contributed by atoms with E-state index in [0.29, 0.717) is 27.8 Å². The van der Waals surface area contributed by atoms with Gasteiger partial charge in [0, 0.05) is 35.1 Å². The summed E-state index contributed by atoms with van der Waals surface area (Å²) >= 11 is 12.3. The standard InChI is InChI=1S/C15H13Cl2N5O/c1-21-7-10(5-18-21)15(23)20-11-6-19-22(8-11)9-12-13(16)3-2-4-14(12)17/h2-8H,9H2,1H3,(H,20,23). The van der Waals surface area contributed by atoms with E-state index in [1.807, 2.05) is 0 Å². The van der Waals surface area contributed by atoms with E-state index in [1.165, 1.54) is 6.20 Å². The largest absolute Gasteiger partial charge is 0.319 e. The summed E-state index contributed by atoms with van der Waals surface area (Å²) in [6.45, 7) is 0.418. The normalized spacial score (nSPS) is 10.7. The predicted octanol–water partition coefficient (Wildman–Crippen LogP) is 3.22. The van der Waals surface area contributed by atoms with Crippen molar-refractivity contribution >= 4 is 34.8 Å². The van der Waals surface area contributed by atoms with Crippen molar-refractivity contribution in [3.05, 3.63) is 64.2 Å². The molecule has 0 unspecified atom stereocenters. The van der Waals surface area contributed by atoms with Crippen molar-refractivity contribution in [1.29, 1.82) is 0 Å². The molecule has 0 spiro atoms. The van der Waals surface area contributed by atoms with E-state index in [4.69, 9.17) is 23.2 Å². The van der Waals surface area contributed by atoms with E-state index in [2.05, 4.69) is 15.5 Å². The molecule has 6 nitrogen and oxygen atoms in total. The molecule has 0 fully saturated rings. The maximum atomic E-state index is 12.1. The van der Waals surface area contributed by atoms with Gasteiger partial charge in [0.1, 0.15) is 0 Å². The Bertz CT molecular complexity index is 835. The summed E-state index contributed by atoms with van der Waals surface area (Å²) in [6, 6.07) is 5.34. The molecule has 0 bridgehead atoms. The van der Waals surface area contributed by atoms with Crippen LogP contribution in [0.4, 0.5) is 5.69 Å². The summed E-state index contributed by atoms with van der Waals surface area (Å²) in [6.07, 6.45) is 6.43. The molecule has 0 atom stereocenters. The van der Waals surface area contributed by atoms with Crippen molar-refractivity contribution in [1.82, 2.24) is 19.6 Å². The van der Waals surface area contributed by atoms with E-state index in [9.17, 15) is 4.79 Å². The summed E-state index contributed by atoms with van der Waals surface area (Å²) < 4.78 is 3.23. The quantitative estimate of drug-likeness (QED) is 0.786. The van der Waals surface area contributed by atoms with E-state index < -0.39 is 0 Å². The van der Waals surface area contributed by atoms with E-state index in [0.717, 1.165) is 5.56 Å². The van der Waals surface area contributed by atoms with E-state index >= 15 is 0 Å². The monoisotopic (exact) mass is 349 g/mol. The molecule has 0 saturated heterocycles. The van der Waals surface area contributed by atoms with Crippen LogP contribution in [0.25, 0.3) is 0 Å². The van der Waals surface area contributed by atoms with Crippen LogP contribution in [-0.4, -0.2) is 25.5 Å². The van der Waals surface area contributed by atoms with Gasteiger partial charge in [-0.3, -0.25) is 14.2 Å². The minimum absolute atomic E-state index is 0.242. The number of hydrogen-bond donors (Lipinski definition) is 1. The molecule has 0 saturated carbocycles. The molecule has 1 amide bonds. The molecule has 3 rings (SSSR count). The molecule has 1 aromatic carbocycles. The number of carbonyl (C=O) groups excluding carboxylic acids is 1. The van der Waals surface area contributed by atoms with Crippen molar-refractivity contribution in [2.24, 2.45) is 7.05 Å². The van der Waals surface area contributed by atoms with Crippen LogP contribution in [0, 0.1) is 0 Å². The van der Waals surface area contributed by atoms with Gasteiger partial charge < -0.3 is 5.32 Å². The summed E-state index contributed by atoms with van der Waals surface area (Å²) in [5, 5.41) is 12.1. The first kappa shape index (κ1) is 15.6. The van der Waals surface area contributed by atoms with Crippen molar-refractivity contribution in [3.63, 3.8) is 0 Å². The van der Waals surface area contributed by atoms with Crippen LogP contribution < -0.4 is 5.32 Å². The molecular weight excluding hydrogens is 337 g/mol. The lowest BCUT2D eigenvalue weighted by Crippen LogP contribution is -2.10. The highest BCUT2D eigenvalue weighted by Crippen LogP contribution is 2.25. The number of halogens is 2. The molecule has 2 heterocycles. The fraction of sp³-hybridized carbons (Fsp3) is 0.133. The fourth-order valence-electron chi connectivity index (χ4n) is 2.10. The maximum absolute atomic E-state index is 12.1. The maximum Gasteiger partial charge on any atom is 0.258 e. The van der Waals surface area contributed by atoms with Gasteiger partial charge in [0.15, 0.2) is 0 Å². The van der Waals surface area contributed by atoms with Gasteiger partial charge in [0.05, 0.1) is 30.2 Å². The van der Waals surface area contributed by atoms with Crippen LogP contribution >= 0.6 is 23.2 Å². The molecule has 23 heavy (non-hydrogen) atoms. The Balaban J connectivity index is 1.72. The van der Waals surface area contributed by atoms with Gasteiger partial charge in [-0.2, -0.15) is 10.2 Å². The molecule has 2 aromatic heterocycles. The number of amides is 1. The molecule has 0 aliphatic rings. The number of carbonyl (C=O) groups is 1. The third-order valence-corrected chi connectivity index (χ3v) is 3.95. The Morgan fingerprint density at radius 1 is 1.17 bits per heavy atom. The van der Waals surface area contributed by atoms with Gasteiger partial charge in [-0.25, -0.2) is 0 Å². The van der Waals surface area contributed by atoms with Gasteiger partial charge in [0.25, 0.3) is 5.91 Å². The minimum Gasteiger partial charge on any atom is -0.319 e. The summed E-state index contributed by atoms with van der Waals surface area (Å²) in [7, 11) is 1.75. The Hall–Kier alpha value is -2.31. The number of nitrogens with zero attached hydrogens (tertiary/aromatic N) is 4. The zero-order valence-corrected chi connectivity index (χ0v) is 13.7. The molecule has 3 aromatic rings. The second-order valence-electron chi connectivity index (χ2n) is 4.98. The highest BCUT2D eigenvalue weighted by atomic mass is 35.5. The van der Waals surface area contributed by atoms with Crippen LogP contribution in [-0.2, 0) is 13.6 Å². The molecule has 8 heteroatoms. The first-order valence-corrected chi connectivity index (χ1v) is 7.54. The third kappa shape index (κ3) is 3.55. The Labute approximate surface area is 142 Å².